The molecule has 17 atom stereocenters. The van der Waals surface area contributed by atoms with Gasteiger partial charge < -0.3 is 89.9 Å². The molecule has 19 nitrogen and oxygen atoms in total. The summed E-state index contributed by atoms with van der Waals surface area (Å²) < 4.78 is 34.4. The molecular formula is C65H119NO18. The number of ether oxygens (including phenoxy) is 6. The Morgan fingerprint density at radius 2 is 0.786 bits per heavy atom. The normalized spacial score (nSPS) is 29.4. The number of allylic oxidation sites excluding steroid dienone is 6. The van der Waals surface area contributed by atoms with E-state index in [-0.39, 0.29) is 18.9 Å². The van der Waals surface area contributed by atoms with Crippen molar-refractivity contribution in [3.8, 4) is 0 Å². The number of carbonyl (C=O) groups is 1. The second-order valence-electron chi connectivity index (χ2n) is 23.9. The molecule has 0 spiro atoms. The van der Waals surface area contributed by atoms with E-state index in [1.54, 1.807) is 0 Å². The van der Waals surface area contributed by atoms with Crippen LogP contribution in [0.2, 0.25) is 0 Å². The number of amides is 1. The summed E-state index contributed by atoms with van der Waals surface area (Å²) in [5, 5.41) is 121. The molecule has 84 heavy (non-hydrogen) atoms. The average molecular weight is 1200 g/mol. The molecule has 0 radical (unpaired) electrons. The molecule has 3 saturated heterocycles. The zero-order valence-corrected chi connectivity index (χ0v) is 51.6. The highest BCUT2D eigenvalue weighted by Gasteiger charge is 2.53. The maximum absolute atomic E-state index is 13.4. The van der Waals surface area contributed by atoms with E-state index in [1.807, 2.05) is 0 Å². The Morgan fingerprint density at radius 3 is 1.23 bits per heavy atom. The lowest BCUT2D eigenvalue weighted by atomic mass is 9.96. The minimum Gasteiger partial charge on any atom is -0.394 e. The summed E-state index contributed by atoms with van der Waals surface area (Å²) in [7, 11) is 0. The average Bonchev–Trinajstić information content (AvgIpc) is 3.69. The Morgan fingerprint density at radius 1 is 0.429 bits per heavy atom. The Kier molecular flexibility index (Phi) is 43.5. The topological polar surface area (TPSA) is 307 Å². The van der Waals surface area contributed by atoms with Gasteiger partial charge in [-0.3, -0.25) is 4.79 Å². The molecule has 0 bridgehead atoms. The fraction of sp³-hybridized carbons (Fsp3) is 0.892. The Hall–Kier alpha value is -1.99. The van der Waals surface area contributed by atoms with Crippen molar-refractivity contribution in [2.75, 3.05) is 26.4 Å². The molecule has 3 rings (SSSR count). The van der Waals surface area contributed by atoms with Crippen LogP contribution in [-0.2, 0) is 33.2 Å². The van der Waals surface area contributed by atoms with Crippen molar-refractivity contribution in [3.05, 3.63) is 36.5 Å². The van der Waals surface area contributed by atoms with Crippen LogP contribution in [0.5, 0.6) is 0 Å². The van der Waals surface area contributed by atoms with E-state index >= 15 is 0 Å². The van der Waals surface area contributed by atoms with Gasteiger partial charge in [0.15, 0.2) is 18.9 Å². The number of rotatable bonds is 50. The van der Waals surface area contributed by atoms with E-state index in [1.165, 1.54) is 135 Å². The second-order valence-corrected chi connectivity index (χ2v) is 23.9. The molecule has 3 heterocycles. The van der Waals surface area contributed by atoms with Crippen LogP contribution in [0.3, 0.4) is 0 Å². The summed E-state index contributed by atoms with van der Waals surface area (Å²) >= 11 is 0. The maximum atomic E-state index is 13.4. The summed E-state index contributed by atoms with van der Waals surface area (Å²) in [6, 6.07) is -0.891. The molecule has 492 valence electrons. The lowest BCUT2D eigenvalue weighted by molar-refractivity contribution is -0.379. The monoisotopic (exact) mass is 1200 g/mol. The fourth-order valence-corrected chi connectivity index (χ4v) is 11.3. The maximum Gasteiger partial charge on any atom is 0.220 e. The van der Waals surface area contributed by atoms with Gasteiger partial charge in [0.25, 0.3) is 0 Å². The van der Waals surface area contributed by atoms with Gasteiger partial charge in [-0.15, -0.1) is 0 Å². The lowest BCUT2D eigenvalue weighted by Gasteiger charge is -2.48. The van der Waals surface area contributed by atoms with Crippen molar-refractivity contribution in [2.24, 2.45) is 0 Å². The third kappa shape index (κ3) is 30.5. The minimum atomic E-state index is -1.97. The van der Waals surface area contributed by atoms with Crippen LogP contribution in [0.15, 0.2) is 36.5 Å². The quantitative estimate of drug-likeness (QED) is 0.0205. The second kappa shape index (κ2) is 47.9. The molecule has 17 unspecified atom stereocenters. The first-order chi connectivity index (χ1) is 40.8. The van der Waals surface area contributed by atoms with Crippen molar-refractivity contribution >= 4 is 5.91 Å². The molecule has 1 amide bonds. The Bertz CT molecular complexity index is 1670. The van der Waals surface area contributed by atoms with Crippen molar-refractivity contribution < 1.29 is 89.4 Å². The number of hydrogen-bond acceptors (Lipinski definition) is 18. The molecule has 3 fully saturated rings. The number of aliphatic hydroxyl groups excluding tert-OH is 11. The van der Waals surface area contributed by atoms with Crippen LogP contribution >= 0.6 is 0 Å². The molecule has 0 aromatic carbocycles. The highest BCUT2D eigenvalue weighted by molar-refractivity contribution is 5.76. The van der Waals surface area contributed by atoms with Gasteiger partial charge in [-0.05, 0) is 51.4 Å². The number of hydrogen-bond donors (Lipinski definition) is 12. The summed E-state index contributed by atoms with van der Waals surface area (Å²) in [6.07, 6.45) is 26.4. The first kappa shape index (κ1) is 76.3. The van der Waals surface area contributed by atoms with Gasteiger partial charge in [0.05, 0.1) is 38.6 Å². The minimum absolute atomic E-state index is 0.249. The van der Waals surface area contributed by atoms with E-state index in [2.05, 4.69) is 55.6 Å². The molecule has 0 aromatic rings. The third-order valence-corrected chi connectivity index (χ3v) is 16.7. The number of unbranched alkanes of at least 4 members (excludes halogenated alkanes) is 28. The predicted octanol–water partition coefficient (Wildman–Crippen LogP) is 7.66. The molecular weight excluding hydrogens is 1080 g/mol. The van der Waals surface area contributed by atoms with E-state index in [0.717, 1.165) is 70.6 Å². The third-order valence-electron chi connectivity index (χ3n) is 16.7. The van der Waals surface area contributed by atoms with Crippen LogP contribution in [0.25, 0.3) is 0 Å². The Balaban J connectivity index is 1.45. The Labute approximate surface area is 504 Å². The molecule has 3 aliphatic rings. The largest absolute Gasteiger partial charge is 0.394 e. The van der Waals surface area contributed by atoms with Crippen molar-refractivity contribution in [2.45, 2.75) is 343 Å². The molecule has 0 aliphatic carbocycles. The zero-order valence-electron chi connectivity index (χ0n) is 51.6. The van der Waals surface area contributed by atoms with Crippen LogP contribution in [-0.4, -0.2) is 193 Å². The summed E-state index contributed by atoms with van der Waals surface area (Å²) in [5.41, 5.74) is 0. The van der Waals surface area contributed by atoms with Crippen LogP contribution < -0.4 is 5.32 Å². The van der Waals surface area contributed by atoms with Crippen molar-refractivity contribution in [3.63, 3.8) is 0 Å². The van der Waals surface area contributed by atoms with Gasteiger partial charge in [-0.2, -0.15) is 0 Å². The van der Waals surface area contributed by atoms with Gasteiger partial charge in [0, 0.05) is 6.42 Å². The van der Waals surface area contributed by atoms with Crippen LogP contribution in [0.1, 0.15) is 239 Å². The number of carbonyl (C=O) groups excluding carboxylic acids is 1. The van der Waals surface area contributed by atoms with E-state index in [4.69, 9.17) is 28.4 Å². The zero-order chi connectivity index (χ0) is 61.2. The van der Waals surface area contributed by atoms with Gasteiger partial charge >= 0.3 is 0 Å². The lowest BCUT2D eigenvalue weighted by Crippen LogP contribution is -2.66. The fourth-order valence-electron chi connectivity index (χ4n) is 11.3. The van der Waals surface area contributed by atoms with Gasteiger partial charge in [0.1, 0.15) is 73.2 Å². The van der Waals surface area contributed by atoms with E-state index < -0.39 is 124 Å². The van der Waals surface area contributed by atoms with Gasteiger partial charge in [-0.25, -0.2) is 0 Å². The van der Waals surface area contributed by atoms with Gasteiger partial charge in [0.2, 0.25) is 5.91 Å². The smallest absolute Gasteiger partial charge is 0.220 e. The van der Waals surface area contributed by atoms with Crippen molar-refractivity contribution in [1.82, 2.24) is 5.32 Å². The highest BCUT2D eigenvalue weighted by atomic mass is 16.8. The summed E-state index contributed by atoms with van der Waals surface area (Å²) in [5.74, 6) is -0.249. The summed E-state index contributed by atoms with van der Waals surface area (Å²) in [4.78, 5) is 13.4. The SMILES string of the molecule is CCCCCCC/C=C\C/C=C\C/C=C\CCCCCCCCCCC(=O)NC(COC1OC(CO)C(OC2OC(CO)C(OC3OC(CO)C(O)C(O)C3O)C(O)C2O)C(O)C1O)C(O)CCCCCCCCCCCCCCCCCC. The number of aliphatic hydroxyl groups is 11. The standard InChI is InChI=1S/C65H119NO18/c1-3-5-7-9-11-13-15-17-19-21-22-23-24-25-26-27-29-31-33-35-37-39-41-43-53(71)66-48(49(70)42-40-38-36-34-32-30-28-20-18-16-14-12-10-8-6-4-2)47-79-63-59(77)56(74)61(51(45-68)81-63)84-65-60(78)57(75)62(52(46-69)82-65)83-64-58(76)55(73)54(72)50(44-67)80-64/h15,17,21-22,24-25,48-52,54-65,67-70,72-78H,3-14,16,18-20,23,26-47H2,1-2H3,(H,66,71)/b17-15-,22-21-,25-24-. The predicted molar refractivity (Wildman–Crippen MR) is 323 cm³/mol. The molecule has 12 N–H and O–H groups in total. The van der Waals surface area contributed by atoms with E-state index in [9.17, 15) is 61.0 Å². The first-order valence-corrected chi connectivity index (χ1v) is 33.2. The molecule has 3 aliphatic heterocycles. The molecule has 19 heteroatoms. The molecule has 0 aromatic heterocycles. The van der Waals surface area contributed by atoms with Crippen LogP contribution in [0, 0.1) is 0 Å². The number of nitrogens with one attached hydrogen (secondary N) is 1. The molecule has 0 saturated carbocycles. The van der Waals surface area contributed by atoms with Crippen LogP contribution in [0.4, 0.5) is 0 Å². The first-order valence-electron chi connectivity index (χ1n) is 33.2. The highest BCUT2D eigenvalue weighted by Crippen LogP contribution is 2.33. The van der Waals surface area contributed by atoms with Gasteiger partial charge in [-0.1, -0.05) is 217 Å². The van der Waals surface area contributed by atoms with E-state index in [0.29, 0.717) is 12.8 Å². The summed E-state index contributed by atoms with van der Waals surface area (Å²) in [6.45, 7) is 1.79. The van der Waals surface area contributed by atoms with Crippen molar-refractivity contribution in [1.29, 1.82) is 0 Å².